The molecule has 0 aliphatic heterocycles. The van der Waals surface area contributed by atoms with Gasteiger partial charge < -0.3 is 10.2 Å². The molecule has 4 aliphatic carbocycles. The Bertz CT molecular complexity index is 990. The molecule has 37 heavy (non-hydrogen) atoms. The van der Waals surface area contributed by atoms with E-state index >= 15 is 0 Å². The lowest BCUT2D eigenvalue weighted by molar-refractivity contribution is -0.196. The van der Waals surface area contributed by atoms with Crippen LogP contribution in [0.5, 0.6) is 0 Å². The first kappa shape index (κ1) is 27.3. The van der Waals surface area contributed by atoms with Gasteiger partial charge in [0, 0.05) is 11.5 Å². The first-order valence-electron chi connectivity index (χ1n) is 15.6. The molecule has 5 rings (SSSR count). The van der Waals surface area contributed by atoms with Gasteiger partial charge in [0.05, 0.1) is 6.10 Å². The Hall–Kier alpha value is -1.30. The fraction of sp³-hybridized carbons (Fsp3) is 0.771. The highest BCUT2D eigenvalue weighted by atomic mass is 16.3. The smallest absolute Gasteiger partial charge is 0.129 e. The summed E-state index contributed by atoms with van der Waals surface area (Å²) in [5.74, 6) is 11.2. The lowest BCUT2D eigenvalue weighted by Gasteiger charge is -2.64. The van der Waals surface area contributed by atoms with E-state index in [-0.39, 0.29) is 17.4 Å². The number of rotatable bonds is 5. The molecule has 2 N–H and O–H groups in total. The fourth-order valence-corrected chi connectivity index (χ4v) is 10.3. The van der Waals surface area contributed by atoms with Gasteiger partial charge in [0.1, 0.15) is 5.60 Å². The van der Waals surface area contributed by atoms with Crippen molar-refractivity contribution in [2.75, 3.05) is 0 Å². The zero-order chi connectivity index (χ0) is 26.4. The van der Waals surface area contributed by atoms with Gasteiger partial charge in [0.2, 0.25) is 0 Å². The molecule has 4 saturated carbocycles. The Morgan fingerprint density at radius 3 is 2.35 bits per heavy atom. The van der Waals surface area contributed by atoms with Crippen LogP contribution < -0.4 is 0 Å². The first-order chi connectivity index (χ1) is 17.6. The van der Waals surface area contributed by atoms with Crippen LogP contribution in [0.4, 0.5) is 0 Å². The molecule has 0 radical (unpaired) electrons. The summed E-state index contributed by atoms with van der Waals surface area (Å²) in [5, 5.41) is 23.1. The van der Waals surface area contributed by atoms with Crippen LogP contribution in [-0.2, 0) is 0 Å². The Morgan fingerprint density at radius 1 is 0.919 bits per heavy atom. The predicted molar refractivity (Wildman–Crippen MR) is 153 cm³/mol. The zero-order valence-corrected chi connectivity index (χ0v) is 24.2. The molecule has 0 amide bonds. The molecule has 0 heterocycles. The minimum Gasteiger partial charge on any atom is -0.393 e. The van der Waals surface area contributed by atoms with E-state index in [2.05, 4.69) is 46.5 Å². The maximum Gasteiger partial charge on any atom is 0.129 e. The van der Waals surface area contributed by atoms with E-state index in [1.807, 2.05) is 30.3 Å². The highest BCUT2D eigenvalue weighted by Gasteiger charge is 2.65. The Morgan fingerprint density at radius 2 is 1.62 bits per heavy atom. The Kier molecular flexibility index (Phi) is 7.63. The average Bonchev–Trinajstić information content (AvgIpc) is 3.22. The quantitative estimate of drug-likeness (QED) is 0.401. The van der Waals surface area contributed by atoms with Crippen LogP contribution in [0.1, 0.15) is 111 Å². The van der Waals surface area contributed by atoms with Crippen LogP contribution in [0.3, 0.4) is 0 Å². The highest BCUT2D eigenvalue weighted by Crippen LogP contribution is 2.69. The number of aliphatic hydroxyl groups is 2. The maximum absolute atomic E-state index is 12.4. The summed E-state index contributed by atoms with van der Waals surface area (Å²) >= 11 is 0. The minimum atomic E-state index is -1.02. The maximum atomic E-state index is 12.4. The van der Waals surface area contributed by atoms with Crippen molar-refractivity contribution in [1.82, 2.24) is 0 Å². The van der Waals surface area contributed by atoms with E-state index in [0.717, 1.165) is 42.6 Å². The highest BCUT2D eigenvalue weighted by molar-refractivity contribution is 5.37. The molecule has 10 unspecified atom stereocenters. The van der Waals surface area contributed by atoms with Gasteiger partial charge in [-0.3, -0.25) is 0 Å². The molecule has 0 spiro atoms. The summed E-state index contributed by atoms with van der Waals surface area (Å²) < 4.78 is 0. The van der Waals surface area contributed by atoms with E-state index < -0.39 is 5.60 Å². The van der Waals surface area contributed by atoms with Crippen molar-refractivity contribution in [1.29, 1.82) is 0 Å². The van der Waals surface area contributed by atoms with E-state index in [4.69, 9.17) is 0 Å². The molecule has 0 aromatic heterocycles. The molecule has 2 nitrogen and oxygen atoms in total. The predicted octanol–water partition coefficient (Wildman–Crippen LogP) is 7.86. The van der Waals surface area contributed by atoms with Gasteiger partial charge in [-0.25, -0.2) is 0 Å². The Labute approximate surface area is 227 Å². The number of aliphatic hydroxyl groups excluding tert-OH is 1. The lowest BCUT2D eigenvalue weighted by Crippen LogP contribution is -2.62. The van der Waals surface area contributed by atoms with Crippen molar-refractivity contribution in [3.05, 3.63) is 35.9 Å². The SMILES string of the molecule is CC(C)CCCC(C)C1CCC2C3CC(O)(C#Cc4ccccc4)C4CC(O)CCC4(C)C3CCC12C. The molecule has 1 aromatic rings. The fourth-order valence-electron chi connectivity index (χ4n) is 10.3. The van der Waals surface area contributed by atoms with Crippen LogP contribution >= 0.6 is 0 Å². The summed E-state index contributed by atoms with van der Waals surface area (Å²) in [6, 6.07) is 10.1. The molecule has 4 fully saturated rings. The standard InChI is InChI=1S/C35H52O2/c1-24(2)10-9-11-25(3)29-14-15-30-28-23-35(37,21-16-26-12-7-6-8-13-26)32-22-27(36)17-19-34(32,5)31(28)18-20-33(29,30)4/h6-8,12-13,24-25,27-32,36-37H,9-11,14-15,17-20,22-23H2,1-5H3. The molecule has 0 bridgehead atoms. The van der Waals surface area contributed by atoms with Crippen molar-refractivity contribution in [2.45, 2.75) is 117 Å². The Balaban J connectivity index is 1.44. The van der Waals surface area contributed by atoms with Crippen LogP contribution in [0, 0.1) is 64.1 Å². The van der Waals surface area contributed by atoms with Crippen molar-refractivity contribution in [2.24, 2.45) is 52.3 Å². The van der Waals surface area contributed by atoms with Gasteiger partial charge in [-0.2, -0.15) is 0 Å². The number of fused-ring (bicyclic) bond motifs is 5. The monoisotopic (exact) mass is 504 g/mol. The molecule has 0 saturated heterocycles. The van der Waals surface area contributed by atoms with Crippen LogP contribution in [0.2, 0.25) is 0 Å². The second-order valence-corrected chi connectivity index (χ2v) is 14.6. The lowest BCUT2D eigenvalue weighted by atomic mass is 9.41. The van der Waals surface area contributed by atoms with Gasteiger partial charge in [-0.1, -0.05) is 83.9 Å². The summed E-state index contributed by atoms with van der Waals surface area (Å²) in [6.07, 6.45) is 12.5. The summed E-state index contributed by atoms with van der Waals surface area (Å²) in [5.41, 5.74) is 0.404. The van der Waals surface area contributed by atoms with Crippen LogP contribution in [-0.4, -0.2) is 21.9 Å². The molecule has 1 aromatic carbocycles. The third kappa shape index (κ3) is 4.94. The first-order valence-corrected chi connectivity index (χ1v) is 15.6. The summed E-state index contributed by atoms with van der Waals surface area (Å²) in [7, 11) is 0. The number of hydrogen-bond acceptors (Lipinski definition) is 2. The second-order valence-electron chi connectivity index (χ2n) is 14.6. The molecular weight excluding hydrogens is 452 g/mol. The van der Waals surface area contributed by atoms with Gasteiger partial charge in [0.15, 0.2) is 0 Å². The van der Waals surface area contributed by atoms with Crippen molar-refractivity contribution < 1.29 is 10.2 Å². The van der Waals surface area contributed by atoms with Gasteiger partial charge in [0.25, 0.3) is 0 Å². The van der Waals surface area contributed by atoms with Gasteiger partial charge in [-0.15, -0.1) is 0 Å². The molecular formula is C35H52O2. The topological polar surface area (TPSA) is 40.5 Å². The van der Waals surface area contributed by atoms with E-state index in [0.29, 0.717) is 29.6 Å². The number of benzene rings is 1. The van der Waals surface area contributed by atoms with E-state index in [9.17, 15) is 10.2 Å². The minimum absolute atomic E-state index is 0.0534. The summed E-state index contributed by atoms with van der Waals surface area (Å²) in [6.45, 7) is 12.3. The normalized spacial score (nSPS) is 43.8. The third-order valence-corrected chi connectivity index (χ3v) is 12.1. The third-order valence-electron chi connectivity index (χ3n) is 12.1. The van der Waals surface area contributed by atoms with Crippen molar-refractivity contribution in [3.63, 3.8) is 0 Å². The van der Waals surface area contributed by atoms with Crippen molar-refractivity contribution >= 4 is 0 Å². The van der Waals surface area contributed by atoms with E-state index in [1.165, 1.54) is 44.9 Å². The second kappa shape index (κ2) is 10.4. The molecule has 4 aliphatic rings. The van der Waals surface area contributed by atoms with Gasteiger partial charge in [-0.05, 0) is 110 Å². The van der Waals surface area contributed by atoms with Gasteiger partial charge >= 0.3 is 0 Å². The van der Waals surface area contributed by atoms with Crippen molar-refractivity contribution in [3.8, 4) is 11.8 Å². The summed E-state index contributed by atoms with van der Waals surface area (Å²) in [4.78, 5) is 0. The van der Waals surface area contributed by atoms with Crippen LogP contribution in [0.25, 0.3) is 0 Å². The largest absolute Gasteiger partial charge is 0.393 e. The van der Waals surface area contributed by atoms with E-state index in [1.54, 1.807) is 0 Å². The van der Waals surface area contributed by atoms with Crippen LogP contribution in [0.15, 0.2) is 30.3 Å². The zero-order valence-electron chi connectivity index (χ0n) is 24.2. The molecule has 10 atom stereocenters. The number of hydrogen-bond donors (Lipinski definition) is 2. The average molecular weight is 505 g/mol. The molecule has 2 heteroatoms. The molecule has 204 valence electrons.